The molecule has 12 heteroatoms. The quantitative estimate of drug-likeness (QED) is 0.0903. The van der Waals surface area contributed by atoms with Gasteiger partial charge in [-0.2, -0.15) is 5.26 Å². The maximum Gasteiger partial charge on any atom is 0.357 e. The smallest absolute Gasteiger partial charge is 0.357 e. The highest BCUT2D eigenvalue weighted by atomic mass is 32.2. The molecule has 1 atom stereocenters. The summed E-state index contributed by atoms with van der Waals surface area (Å²) in [4.78, 5) is 12.8. The lowest BCUT2D eigenvalue weighted by atomic mass is 10.2. The van der Waals surface area contributed by atoms with Crippen molar-refractivity contribution in [1.82, 2.24) is 5.32 Å². The standard InChI is InChI=1S/C26H33N2O8PS/c1-31-14-18-35-37(30,36-19-15-32-2)24(21-10-6-4-7-11-21)28-25(38-3)23(20-27)26(29)34-17-16-33-22-12-8-5-9-13-22/h4-13,24,28H,14-19H2,1-3H3/b25-23+. The van der Waals surface area contributed by atoms with Gasteiger partial charge in [-0.25, -0.2) is 4.79 Å². The molecule has 10 nitrogen and oxygen atoms in total. The lowest BCUT2D eigenvalue weighted by molar-refractivity contribution is -0.139. The molecule has 0 amide bonds. The maximum absolute atomic E-state index is 14.1. The van der Waals surface area contributed by atoms with E-state index < -0.39 is 19.3 Å². The molecule has 0 aliphatic carbocycles. The summed E-state index contributed by atoms with van der Waals surface area (Å²) in [5.74, 6) is -1.25. The van der Waals surface area contributed by atoms with E-state index in [-0.39, 0.29) is 50.2 Å². The number of carbonyl (C=O) groups is 1. The highest BCUT2D eigenvalue weighted by molar-refractivity contribution is 8.02. The highest BCUT2D eigenvalue weighted by Gasteiger charge is 2.39. The van der Waals surface area contributed by atoms with E-state index in [1.807, 2.05) is 30.3 Å². The largest absolute Gasteiger partial charge is 0.490 e. The second-order valence-corrected chi connectivity index (χ2v) is 10.4. The van der Waals surface area contributed by atoms with Gasteiger partial charge >= 0.3 is 13.6 Å². The van der Waals surface area contributed by atoms with Crippen molar-refractivity contribution < 1.29 is 37.4 Å². The highest BCUT2D eigenvalue weighted by Crippen LogP contribution is 2.60. The van der Waals surface area contributed by atoms with Gasteiger partial charge in [0.15, 0.2) is 11.4 Å². The number of nitrogens with one attached hydrogen (secondary N) is 1. The molecule has 0 spiro atoms. The minimum absolute atomic E-state index is 0.00134. The third-order valence-electron chi connectivity index (χ3n) is 4.89. The number of esters is 1. The molecular weight excluding hydrogens is 531 g/mol. The van der Waals surface area contributed by atoms with Crippen molar-refractivity contribution in [2.45, 2.75) is 5.78 Å². The van der Waals surface area contributed by atoms with Crippen LogP contribution in [0, 0.1) is 11.3 Å². The molecule has 0 heterocycles. The van der Waals surface area contributed by atoms with Crippen LogP contribution in [-0.4, -0.2) is 66.1 Å². The molecule has 1 N–H and O–H groups in total. The number of carbonyl (C=O) groups excluding carboxylic acids is 1. The third-order valence-corrected chi connectivity index (χ3v) is 7.77. The average Bonchev–Trinajstić information content (AvgIpc) is 2.94. The number of benzene rings is 2. The number of methoxy groups -OCH3 is 2. The van der Waals surface area contributed by atoms with Gasteiger partial charge in [-0.3, -0.25) is 4.57 Å². The molecule has 0 bridgehead atoms. The van der Waals surface area contributed by atoms with E-state index >= 15 is 0 Å². The topological polar surface area (TPSA) is 125 Å². The van der Waals surface area contributed by atoms with Crippen LogP contribution in [0.3, 0.4) is 0 Å². The number of para-hydroxylation sites is 1. The summed E-state index contributed by atoms with van der Waals surface area (Å²) < 4.78 is 46.4. The molecule has 0 aromatic heterocycles. The van der Waals surface area contributed by atoms with Crippen molar-refractivity contribution in [2.24, 2.45) is 0 Å². The summed E-state index contributed by atoms with van der Waals surface area (Å²) in [6.45, 7) is 0.411. The van der Waals surface area contributed by atoms with Crippen molar-refractivity contribution in [1.29, 1.82) is 5.26 Å². The predicted molar refractivity (Wildman–Crippen MR) is 145 cm³/mol. The average molecular weight is 565 g/mol. The zero-order valence-electron chi connectivity index (χ0n) is 21.7. The second kappa shape index (κ2) is 17.6. The number of nitriles is 1. The Morgan fingerprint density at radius 1 is 0.921 bits per heavy atom. The van der Waals surface area contributed by atoms with Gasteiger partial charge in [0.25, 0.3) is 0 Å². The molecule has 0 saturated carbocycles. The number of rotatable bonds is 18. The zero-order valence-corrected chi connectivity index (χ0v) is 23.4. The van der Waals surface area contributed by atoms with Gasteiger partial charge in [0.05, 0.1) is 31.5 Å². The van der Waals surface area contributed by atoms with E-state index in [1.54, 1.807) is 42.7 Å². The first kappa shape index (κ1) is 31.4. The maximum atomic E-state index is 14.1. The fourth-order valence-corrected chi connectivity index (χ4v) is 5.60. The Bertz CT molecular complexity index is 1080. The molecule has 0 aliphatic rings. The molecule has 38 heavy (non-hydrogen) atoms. The second-order valence-electron chi connectivity index (χ2n) is 7.47. The fourth-order valence-electron chi connectivity index (χ4n) is 3.09. The first-order valence-corrected chi connectivity index (χ1v) is 14.5. The van der Waals surface area contributed by atoms with Crippen LogP contribution in [0.1, 0.15) is 11.3 Å². The summed E-state index contributed by atoms with van der Waals surface area (Å²) in [6, 6.07) is 19.8. The SMILES string of the molecule is COCCOP(=O)(OCCOC)C(N/C(SC)=C(/C#N)C(=O)OCCOc1ccccc1)c1ccccc1. The van der Waals surface area contributed by atoms with E-state index in [1.165, 1.54) is 14.2 Å². The minimum atomic E-state index is -3.92. The Kier molecular flexibility index (Phi) is 14.6. The fraction of sp³-hybridized carbons (Fsp3) is 0.385. The Labute approximate surface area is 227 Å². The van der Waals surface area contributed by atoms with Crippen LogP contribution in [0.15, 0.2) is 71.3 Å². The van der Waals surface area contributed by atoms with Crippen LogP contribution in [0.4, 0.5) is 0 Å². The summed E-state index contributed by atoms with van der Waals surface area (Å²) in [7, 11) is -0.924. The van der Waals surface area contributed by atoms with Gasteiger partial charge in [-0.05, 0) is 24.0 Å². The van der Waals surface area contributed by atoms with Crippen LogP contribution in [0.25, 0.3) is 0 Å². The van der Waals surface area contributed by atoms with E-state index in [0.29, 0.717) is 11.3 Å². The van der Waals surface area contributed by atoms with Crippen molar-refractivity contribution in [2.75, 3.05) is 60.1 Å². The van der Waals surface area contributed by atoms with Crippen molar-refractivity contribution >= 4 is 25.3 Å². The van der Waals surface area contributed by atoms with Crippen molar-refractivity contribution in [3.05, 3.63) is 76.8 Å². The molecule has 0 saturated heterocycles. The summed E-state index contributed by atoms with van der Waals surface area (Å²) >= 11 is 1.10. The lowest BCUT2D eigenvalue weighted by Crippen LogP contribution is -2.26. The zero-order chi connectivity index (χ0) is 27.6. The Morgan fingerprint density at radius 2 is 1.50 bits per heavy atom. The van der Waals surface area contributed by atoms with E-state index in [2.05, 4.69) is 5.32 Å². The van der Waals surface area contributed by atoms with E-state index in [4.69, 9.17) is 28.0 Å². The molecule has 206 valence electrons. The number of ether oxygens (including phenoxy) is 4. The van der Waals surface area contributed by atoms with E-state index in [0.717, 1.165) is 11.8 Å². The third kappa shape index (κ3) is 10.1. The van der Waals surface area contributed by atoms with Crippen LogP contribution in [-0.2, 0) is 32.6 Å². The molecule has 2 rings (SSSR count). The molecule has 1 unspecified atom stereocenters. The van der Waals surface area contributed by atoms with Gasteiger partial charge < -0.3 is 33.3 Å². The van der Waals surface area contributed by atoms with Crippen LogP contribution >= 0.6 is 19.4 Å². The summed E-state index contributed by atoms with van der Waals surface area (Å²) in [5.41, 5.74) is 0.289. The first-order chi connectivity index (χ1) is 18.5. The van der Waals surface area contributed by atoms with Crippen LogP contribution in [0.2, 0.25) is 0 Å². The van der Waals surface area contributed by atoms with E-state index in [9.17, 15) is 14.6 Å². The number of thioether (sulfide) groups is 1. The Balaban J connectivity index is 2.28. The first-order valence-electron chi connectivity index (χ1n) is 11.7. The van der Waals surface area contributed by atoms with Crippen LogP contribution in [0.5, 0.6) is 5.75 Å². The molecular formula is C26H33N2O8PS. The van der Waals surface area contributed by atoms with Crippen molar-refractivity contribution in [3.8, 4) is 11.8 Å². The predicted octanol–water partition coefficient (Wildman–Crippen LogP) is 4.51. The normalized spacial score (nSPS) is 12.7. The van der Waals surface area contributed by atoms with Crippen LogP contribution < -0.4 is 10.1 Å². The van der Waals surface area contributed by atoms with Gasteiger partial charge in [-0.1, -0.05) is 48.5 Å². The van der Waals surface area contributed by atoms with Gasteiger partial charge in [0.1, 0.15) is 25.0 Å². The van der Waals surface area contributed by atoms with Gasteiger partial charge in [0, 0.05) is 14.2 Å². The Morgan fingerprint density at radius 3 is 2.03 bits per heavy atom. The molecule has 0 aliphatic heterocycles. The number of nitrogens with zero attached hydrogens (tertiary/aromatic N) is 1. The van der Waals surface area contributed by atoms with Gasteiger partial charge in [0.2, 0.25) is 0 Å². The Hall–Kier alpha value is -2.84. The number of hydrogen-bond donors (Lipinski definition) is 1. The minimum Gasteiger partial charge on any atom is -0.490 e. The monoisotopic (exact) mass is 564 g/mol. The molecule has 2 aromatic rings. The molecule has 2 aromatic carbocycles. The molecule has 0 radical (unpaired) electrons. The van der Waals surface area contributed by atoms with Crippen molar-refractivity contribution in [3.63, 3.8) is 0 Å². The molecule has 0 fully saturated rings. The lowest BCUT2D eigenvalue weighted by Gasteiger charge is -2.29. The summed E-state index contributed by atoms with van der Waals surface area (Å²) in [5, 5.41) is 13.0. The summed E-state index contributed by atoms with van der Waals surface area (Å²) in [6.07, 6.45) is 1.68. The van der Waals surface area contributed by atoms with Gasteiger partial charge in [-0.15, -0.1) is 11.8 Å². The number of hydrogen-bond acceptors (Lipinski definition) is 11.